The van der Waals surface area contributed by atoms with Gasteiger partial charge in [-0.15, -0.1) is 0 Å². The third kappa shape index (κ3) is 2.05. The molecule has 7 nitrogen and oxygen atoms in total. The van der Waals surface area contributed by atoms with Crippen molar-refractivity contribution in [1.82, 2.24) is 14.5 Å². The van der Waals surface area contributed by atoms with E-state index in [1.54, 1.807) is 0 Å². The molecule has 2 atom stereocenters. The smallest absolute Gasteiger partial charge is 0.267 e. The number of hydrogen-bond acceptors (Lipinski definition) is 6. The number of rotatable bonds is 1. The monoisotopic (exact) mass is 283 g/mol. The fourth-order valence-corrected chi connectivity index (χ4v) is 3.18. The molecule has 0 saturated carbocycles. The molecule has 0 spiro atoms. The number of likely N-dealkylation sites (tertiary alicyclic amines) is 1. The van der Waals surface area contributed by atoms with E-state index in [4.69, 9.17) is 0 Å². The Morgan fingerprint density at radius 1 is 1.37 bits per heavy atom. The lowest BCUT2D eigenvalue weighted by Crippen LogP contribution is -2.36. The first-order valence-corrected chi connectivity index (χ1v) is 6.94. The molecule has 19 heavy (non-hydrogen) atoms. The number of thioether (sulfide) groups is 1. The maximum Gasteiger partial charge on any atom is 0.267 e. The highest BCUT2D eigenvalue weighted by atomic mass is 32.2. The first kappa shape index (κ1) is 12.6. The van der Waals surface area contributed by atoms with Gasteiger partial charge in [-0.25, -0.2) is 4.98 Å². The SMILES string of the molecule is O=C(c1cnc2n(c1=O)CCS2)N1C[C@@H](O)[C@@H](O)C1. The Bertz CT molecular complexity index is 578. The summed E-state index contributed by atoms with van der Waals surface area (Å²) >= 11 is 1.48. The lowest BCUT2D eigenvalue weighted by molar-refractivity contribution is 0.0572. The summed E-state index contributed by atoms with van der Waals surface area (Å²) < 4.78 is 1.49. The summed E-state index contributed by atoms with van der Waals surface area (Å²) in [5, 5.41) is 19.5. The molecule has 3 rings (SSSR count). The predicted octanol–water partition coefficient (Wildman–Crippen LogP) is -1.47. The average Bonchev–Trinajstić information content (AvgIpc) is 2.97. The van der Waals surface area contributed by atoms with Gasteiger partial charge in [-0.2, -0.15) is 0 Å². The second-order valence-electron chi connectivity index (χ2n) is 4.60. The van der Waals surface area contributed by atoms with Crippen LogP contribution in [-0.4, -0.2) is 61.6 Å². The lowest BCUT2D eigenvalue weighted by atomic mass is 10.3. The molecule has 3 heterocycles. The van der Waals surface area contributed by atoms with Crippen LogP contribution in [0.15, 0.2) is 16.1 Å². The minimum absolute atomic E-state index is 0.00690. The van der Waals surface area contributed by atoms with Gasteiger partial charge in [0.1, 0.15) is 5.56 Å². The number of nitrogens with zero attached hydrogens (tertiary/aromatic N) is 3. The molecule has 1 saturated heterocycles. The summed E-state index contributed by atoms with van der Waals surface area (Å²) in [6.07, 6.45) is -0.624. The zero-order chi connectivity index (χ0) is 13.6. The normalized spacial score (nSPS) is 25.7. The highest BCUT2D eigenvalue weighted by Gasteiger charge is 2.34. The Hall–Kier alpha value is -1.38. The zero-order valence-electron chi connectivity index (χ0n) is 10.0. The molecule has 0 unspecified atom stereocenters. The zero-order valence-corrected chi connectivity index (χ0v) is 10.8. The van der Waals surface area contributed by atoms with Crippen molar-refractivity contribution in [3.05, 3.63) is 22.1 Å². The molecule has 2 aliphatic rings. The van der Waals surface area contributed by atoms with Gasteiger partial charge in [0, 0.05) is 31.6 Å². The van der Waals surface area contributed by atoms with Crippen molar-refractivity contribution in [3.63, 3.8) is 0 Å². The van der Waals surface area contributed by atoms with Crippen LogP contribution < -0.4 is 5.56 Å². The summed E-state index contributed by atoms with van der Waals surface area (Å²) in [6.45, 7) is 0.629. The summed E-state index contributed by atoms with van der Waals surface area (Å²) in [5.41, 5.74) is -0.358. The molecule has 0 bridgehead atoms. The van der Waals surface area contributed by atoms with Gasteiger partial charge in [0.15, 0.2) is 5.16 Å². The Balaban J connectivity index is 1.91. The Kier molecular flexibility index (Phi) is 3.08. The topological polar surface area (TPSA) is 95.7 Å². The van der Waals surface area contributed by atoms with E-state index in [9.17, 15) is 19.8 Å². The molecule has 2 N–H and O–H groups in total. The Morgan fingerprint density at radius 2 is 2.05 bits per heavy atom. The number of aromatic nitrogens is 2. The second-order valence-corrected chi connectivity index (χ2v) is 5.67. The van der Waals surface area contributed by atoms with Gasteiger partial charge in [0.05, 0.1) is 12.2 Å². The summed E-state index contributed by atoms with van der Waals surface area (Å²) in [7, 11) is 0. The molecule has 0 aliphatic carbocycles. The van der Waals surface area contributed by atoms with E-state index in [0.29, 0.717) is 11.7 Å². The fourth-order valence-electron chi connectivity index (χ4n) is 2.27. The van der Waals surface area contributed by atoms with Crippen molar-refractivity contribution in [2.45, 2.75) is 23.9 Å². The first-order chi connectivity index (χ1) is 9.08. The Labute approximate surface area is 112 Å². The molecule has 102 valence electrons. The Morgan fingerprint density at radius 3 is 2.74 bits per heavy atom. The van der Waals surface area contributed by atoms with Crippen LogP contribution in [0.4, 0.5) is 0 Å². The van der Waals surface area contributed by atoms with E-state index in [1.165, 1.54) is 27.4 Å². The highest BCUT2D eigenvalue weighted by molar-refractivity contribution is 7.99. The van der Waals surface area contributed by atoms with Crippen LogP contribution in [0.3, 0.4) is 0 Å². The van der Waals surface area contributed by atoms with Crippen LogP contribution in [0.2, 0.25) is 0 Å². The third-order valence-electron chi connectivity index (χ3n) is 3.33. The summed E-state index contributed by atoms with van der Waals surface area (Å²) in [4.78, 5) is 29.7. The number of fused-ring (bicyclic) bond motifs is 1. The van der Waals surface area contributed by atoms with Gasteiger partial charge in [-0.05, 0) is 0 Å². The van der Waals surface area contributed by atoms with E-state index in [1.807, 2.05) is 0 Å². The van der Waals surface area contributed by atoms with Crippen LogP contribution >= 0.6 is 11.8 Å². The van der Waals surface area contributed by atoms with Crippen LogP contribution in [0.25, 0.3) is 0 Å². The number of amides is 1. The average molecular weight is 283 g/mol. The molecular formula is C11H13N3O4S. The fraction of sp³-hybridized carbons (Fsp3) is 0.545. The number of β-amino-alcohol motifs (C(OH)–C–C–N with tert-alkyl or cyclic N) is 2. The van der Waals surface area contributed by atoms with Crippen molar-refractivity contribution < 1.29 is 15.0 Å². The molecule has 0 radical (unpaired) electrons. The number of hydrogen-bond donors (Lipinski definition) is 2. The summed E-state index contributed by atoms with van der Waals surface area (Å²) in [6, 6.07) is 0. The van der Waals surface area contributed by atoms with Gasteiger partial charge < -0.3 is 15.1 Å². The molecule has 1 aromatic rings. The minimum Gasteiger partial charge on any atom is -0.388 e. The lowest BCUT2D eigenvalue weighted by Gasteiger charge is -2.15. The molecule has 1 aromatic heterocycles. The number of aliphatic hydroxyl groups is 2. The standard InChI is InChI=1S/C11H13N3O4S/c15-7-4-13(5-8(7)16)9(17)6-3-12-11-14(10(6)18)1-2-19-11/h3,7-8,15-16H,1-2,4-5H2/t7-,8+. The van der Waals surface area contributed by atoms with E-state index >= 15 is 0 Å². The van der Waals surface area contributed by atoms with Crippen molar-refractivity contribution in [2.75, 3.05) is 18.8 Å². The van der Waals surface area contributed by atoms with Crippen molar-refractivity contribution in [1.29, 1.82) is 0 Å². The van der Waals surface area contributed by atoms with Crippen LogP contribution in [0, 0.1) is 0 Å². The number of aliphatic hydroxyl groups excluding tert-OH is 2. The van der Waals surface area contributed by atoms with Crippen molar-refractivity contribution in [2.24, 2.45) is 0 Å². The van der Waals surface area contributed by atoms with Crippen LogP contribution in [-0.2, 0) is 6.54 Å². The van der Waals surface area contributed by atoms with E-state index in [2.05, 4.69) is 4.98 Å². The molecule has 2 aliphatic heterocycles. The largest absolute Gasteiger partial charge is 0.388 e. The third-order valence-corrected chi connectivity index (χ3v) is 4.30. The highest BCUT2D eigenvalue weighted by Crippen LogP contribution is 2.21. The van der Waals surface area contributed by atoms with Gasteiger partial charge in [-0.1, -0.05) is 11.8 Å². The van der Waals surface area contributed by atoms with Gasteiger partial charge in [0.25, 0.3) is 11.5 Å². The second kappa shape index (κ2) is 4.62. The number of carbonyl (C=O) groups excluding carboxylic acids is 1. The van der Waals surface area contributed by atoms with E-state index in [0.717, 1.165) is 5.75 Å². The van der Waals surface area contributed by atoms with Gasteiger partial charge in [0.2, 0.25) is 0 Å². The maximum absolute atomic E-state index is 12.2. The number of carbonyl (C=O) groups is 1. The molecule has 8 heteroatoms. The van der Waals surface area contributed by atoms with Crippen LogP contribution in [0.5, 0.6) is 0 Å². The van der Waals surface area contributed by atoms with Crippen LogP contribution in [0.1, 0.15) is 10.4 Å². The molecule has 1 fully saturated rings. The van der Waals surface area contributed by atoms with Crippen molar-refractivity contribution >= 4 is 17.7 Å². The predicted molar refractivity (Wildman–Crippen MR) is 67.1 cm³/mol. The van der Waals surface area contributed by atoms with Crippen molar-refractivity contribution in [3.8, 4) is 0 Å². The molecular weight excluding hydrogens is 270 g/mol. The van der Waals surface area contributed by atoms with Gasteiger partial charge >= 0.3 is 0 Å². The molecule has 1 amide bonds. The minimum atomic E-state index is -0.954. The first-order valence-electron chi connectivity index (χ1n) is 5.96. The summed E-state index contributed by atoms with van der Waals surface area (Å²) in [5.74, 6) is 0.293. The van der Waals surface area contributed by atoms with E-state index in [-0.39, 0.29) is 24.2 Å². The quantitative estimate of drug-likeness (QED) is 0.611. The van der Waals surface area contributed by atoms with E-state index < -0.39 is 18.1 Å². The molecule has 0 aromatic carbocycles. The maximum atomic E-state index is 12.2. The van der Waals surface area contributed by atoms with Gasteiger partial charge in [-0.3, -0.25) is 14.2 Å².